The topological polar surface area (TPSA) is 179 Å². The zero-order valence-corrected chi connectivity index (χ0v) is 21.3. The van der Waals surface area contributed by atoms with Crippen molar-refractivity contribution in [3.05, 3.63) is 50.2 Å². The Bertz CT molecular complexity index is 1520. The molecule has 2 aliphatic rings. The van der Waals surface area contributed by atoms with E-state index in [-0.39, 0.29) is 23.9 Å². The number of carbonyl (C=O) groups is 2. The highest BCUT2D eigenvalue weighted by Gasteiger charge is 2.53. The van der Waals surface area contributed by atoms with Crippen molar-refractivity contribution in [1.29, 1.82) is 0 Å². The molecule has 0 bridgehead atoms. The molecular formula is C23H26N8O7. The van der Waals surface area contributed by atoms with Crippen LogP contribution in [0.1, 0.15) is 11.1 Å². The lowest BCUT2D eigenvalue weighted by molar-refractivity contribution is -0.280. The van der Waals surface area contributed by atoms with Crippen LogP contribution in [0.25, 0.3) is 0 Å². The molecule has 1 atom stereocenters. The number of likely N-dealkylation sites (N-methyl/N-ethyl adjacent to an activating group) is 3. The summed E-state index contributed by atoms with van der Waals surface area (Å²) in [7, 11) is 7.45. The van der Waals surface area contributed by atoms with Gasteiger partial charge in [-0.3, -0.25) is 19.5 Å². The van der Waals surface area contributed by atoms with Gasteiger partial charge in [-0.15, -0.1) is 5.10 Å². The maximum Gasteiger partial charge on any atom is 0.421 e. The fourth-order valence-corrected chi connectivity index (χ4v) is 4.10. The lowest BCUT2D eigenvalue weighted by atomic mass is 10.1. The minimum Gasteiger partial charge on any atom is -0.859 e. The van der Waals surface area contributed by atoms with E-state index in [1.54, 1.807) is 25.2 Å². The van der Waals surface area contributed by atoms with Gasteiger partial charge in [0.25, 0.3) is 11.5 Å². The van der Waals surface area contributed by atoms with E-state index < -0.39 is 35.1 Å². The van der Waals surface area contributed by atoms with Crippen molar-refractivity contribution in [3.63, 3.8) is 0 Å². The largest absolute Gasteiger partial charge is 0.859 e. The van der Waals surface area contributed by atoms with E-state index in [1.807, 2.05) is 0 Å². The van der Waals surface area contributed by atoms with E-state index in [2.05, 4.69) is 20.2 Å². The number of nitrogens with zero attached hydrogens (tertiary/aromatic N) is 6. The number of aromatic nitrogens is 2. The van der Waals surface area contributed by atoms with Crippen molar-refractivity contribution in [1.82, 2.24) is 34.3 Å². The first-order valence-electron chi connectivity index (χ1n) is 11.4. The second-order valence-electron chi connectivity index (χ2n) is 8.48. The van der Waals surface area contributed by atoms with Gasteiger partial charge in [0.1, 0.15) is 0 Å². The Labute approximate surface area is 215 Å². The highest BCUT2D eigenvalue weighted by Crippen LogP contribution is 2.27. The van der Waals surface area contributed by atoms with E-state index in [0.717, 1.165) is 21.2 Å². The maximum atomic E-state index is 13.0. The molecule has 38 heavy (non-hydrogen) atoms. The van der Waals surface area contributed by atoms with Crippen LogP contribution in [0, 0.1) is 0 Å². The number of imide groups is 1. The van der Waals surface area contributed by atoms with Crippen LogP contribution < -0.4 is 35.9 Å². The van der Waals surface area contributed by atoms with Crippen LogP contribution in [0.15, 0.2) is 32.9 Å². The van der Waals surface area contributed by atoms with E-state index in [4.69, 9.17) is 9.47 Å². The number of hydrogen-bond acceptors (Lipinski definition) is 10. The average Bonchev–Trinajstić information content (AvgIpc) is 3.23. The number of benzene rings is 1. The lowest BCUT2D eigenvalue weighted by Gasteiger charge is -2.30. The zero-order valence-electron chi connectivity index (χ0n) is 21.3. The van der Waals surface area contributed by atoms with Gasteiger partial charge in [-0.05, 0) is 30.0 Å². The Kier molecular flexibility index (Phi) is 6.95. The number of amides is 3. The van der Waals surface area contributed by atoms with Crippen molar-refractivity contribution in [2.45, 2.75) is 19.0 Å². The Morgan fingerprint density at radius 3 is 2.50 bits per heavy atom. The second kappa shape index (κ2) is 10.1. The number of aromatic amines is 1. The number of H-pyrrole nitrogens is 1. The predicted molar refractivity (Wildman–Crippen MR) is 134 cm³/mol. The molecule has 1 aromatic carbocycles. The Hall–Kier alpha value is -5.04. The number of ether oxygens (including phenoxy) is 2. The molecular weight excluding hydrogens is 500 g/mol. The van der Waals surface area contributed by atoms with Crippen LogP contribution >= 0.6 is 0 Å². The quantitative estimate of drug-likeness (QED) is 0.223. The first-order chi connectivity index (χ1) is 18.1. The van der Waals surface area contributed by atoms with Gasteiger partial charge in [-0.2, -0.15) is 5.43 Å². The minimum atomic E-state index is -0.903. The highest BCUT2D eigenvalue weighted by atomic mass is 16.5. The van der Waals surface area contributed by atoms with Crippen molar-refractivity contribution >= 4 is 29.9 Å². The summed E-state index contributed by atoms with van der Waals surface area (Å²) in [5, 5.41) is 16.9. The first-order valence-corrected chi connectivity index (χ1v) is 11.4. The number of aryl methyl sites for hydroxylation is 1. The number of carbonyl (C=O) groups excluding carboxylic acids is 2. The SMILES string of the molecule is COc1ccc(CCn2c([O-])c(/C=N/NC3=[N+]=C4C(C(=O)N(C)C(=O)N4C)N3C)c(=O)[nH]c2=O)cc1OC. The predicted octanol–water partition coefficient (Wildman–Crippen LogP) is -2.55. The summed E-state index contributed by atoms with van der Waals surface area (Å²) in [6, 6.07) is 3.85. The Morgan fingerprint density at radius 1 is 1.11 bits per heavy atom. The number of fused-ring (bicyclic) bond motifs is 1. The Morgan fingerprint density at radius 2 is 1.82 bits per heavy atom. The molecule has 4 rings (SSSR count). The van der Waals surface area contributed by atoms with Crippen molar-refractivity contribution in [2.24, 2.45) is 5.10 Å². The number of urea groups is 1. The van der Waals surface area contributed by atoms with E-state index in [9.17, 15) is 24.3 Å². The third kappa shape index (κ3) is 4.46. The zero-order chi connectivity index (χ0) is 27.7. The summed E-state index contributed by atoms with van der Waals surface area (Å²) < 4.78 is 15.6. The highest BCUT2D eigenvalue weighted by molar-refractivity contribution is 6.23. The lowest BCUT2D eigenvalue weighted by Crippen LogP contribution is -2.63. The molecule has 15 nitrogen and oxygen atoms in total. The van der Waals surface area contributed by atoms with Gasteiger partial charge < -0.3 is 19.1 Å². The molecule has 0 radical (unpaired) electrons. The number of hydrazone groups is 1. The van der Waals surface area contributed by atoms with Crippen LogP contribution in [0.5, 0.6) is 17.4 Å². The molecule has 1 aromatic heterocycles. The summed E-state index contributed by atoms with van der Waals surface area (Å²) in [6.07, 6.45) is 1.27. The summed E-state index contributed by atoms with van der Waals surface area (Å²) >= 11 is 0. The molecule has 2 aromatic rings. The van der Waals surface area contributed by atoms with Crippen molar-refractivity contribution < 1.29 is 24.2 Å². The van der Waals surface area contributed by atoms with Gasteiger partial charge in [0.05, 0.1) is 33.0 Å². The fraction of sp³-hybridized carbons (Fsp3) is 0.348. The third-order valence-corrected chi connectivity index (χ3v) is 6.28. The normalized spacial score (nSPS) is 17.1. The van der Waals surface area contributed by atoms with Crippen LogP contribution in [0.2, 0.25) is 0 Å². The van der Waals surface area contributed by atoms with Gasteiger partial charge in [0, 0.05) is 20.6 Å². The number of amidine groups is 1. The second-order valence-corrected chi connectivity index (χ2v) is 8.48. The molecule has 2 N–H and O–H groups in total. The van der Waals surface area contributed by atoms with Crippen molar-refractivity contribution in [3.8, 4) is 17.4 Å². The van der Waals surface area contributed by atoms with Crippen LogP contribution in [0.4, 0.5) is 4.79 Å². The number of rotatable bonds is 7. The molecule has 1 saturated heterocycles. The average molecular weight is 527 g/mol. The fourth-order valence-electron chi connectivity index (χ4n) is 4.10. The minimum absolute atomic E-state index is 0.0103. The summed E-state index contributed by atoms with van der Waals surface area (Å²) in [5.74, 6) is 0.0887. The monoisotopic (exact) mass is 526 g/mol. The van der Waals surface area contributed by atoms with Gasteiger partial charge in [-0.25, -0.2) is 24.1 Å². The molecule has 0 saturated carbocycles. The van der Waals surface area contributed by atoms with E-state index >= 15 is 0 Å². The number of hydrogen-bond donors (Lipinski definition) is 2. The van der Waals surface area contributed by atoms with E-state index in [0.29, 0.717) is 17.9 Å². The number of guanidine groups is 1. The molecule has 1 unspecified atom stereocenters. The molecule has 1 fully saturated rings. The molecule has 2 aliphatic heterocycles. The smallest absolute Gasteiger partial charge is 0.421 e. The maximum absolute atomic E-state index is 13.0. The standard InChI is InChI=1S/C23H26N8O7/c1-28-16-17(29(2)23(36)30(3)20(16)34)25-21(28)27-24-11-13-18(32)26-22(35)31(19(13)33)9-8-12-6-7-14(37-4)15(10-12)38-5/h6-7,10-11,16H,8-9H2,1-5H3,(H2,24,26,32,33,35). The number of methoxy groups -OCH3 is 2. The van der Waals surface area contributed by atoms with E-state index in [1.165, 1.54) is 38.1 Å². The van der Waals surface area contributed by atoms with Gasteiger partial charge in [0.2, 0.25) is 6.04 Å². The van der Waals surface area contributed by atoms with Crippen LogP contribution in [0.3, 0.4) is 0 Å². The summed E-state index contributed by atoms with van der Waals surface area (Å²) in [4.78, 5) is 55.3. The summed E-state index contributed by atoms with van der Waals surface area (Å²) in [6.45, 7) is -0.0103. The third-order valence-electron chi connectivity index (χ3n) is 6.28. The molecule has 0 aliphatic carbocycles. The van der Waals surface area contributed by atoms with Gasteiger partial charge in [0.15, 0.2) is 11.5 Å². The first kappa shape index (κ1) is 26.0. The molecule has 0 spiro atoms. The molecule has 200 valence electrons. The Balaban J connectivity index is 1.54. The molecule has 15 heteroatoms. The van der Waals surface area contributed by atoms with Crippen molar-refractivity contribution in [2.75, 3.05) is 35.4 Å². The molecule has 3 amide bonds. The summed E-state index contributed by atoms with van der Waals surface area (Å²) in [5.41, 5.74) is 1.24. The van der Waals surface area contributed by atoms with Crippen LogP contribution in [-0.2, 0) is 17.8 Å². The van der Waals surface area contributed by atoms with Gasteiger partial charge in [-0.1, -0.05) is 6.07 Å². The van der Waals surface area contributed by atoms with Crippen LogP contribution in [-0.4, -0.2) is 95.6 Å². The molecule has 3 heterocycles. The van der Waals surface area contributed by atoms with Gasteiger partial charge >= 0.3 is 23.5 Å². The number of nitrogens with one attached hydrogen (secondary N) is 2.